The Morgan fingerprint density at radius 2 is 1.90 bits per heavy atom. The number of hydrogen-bond acceptors (Lipinski definition) is 4. The van der Waals surface area contributed by atoms with Crippen LogP contribution in [0, 0.1) is 6.92 Å². The zero-order valence-corrected chi connectivity index (χ0v) is 14.7. The minimum Gasteiger partial charge on any atom is -0.492 e. The molecule has 0 radical (unpaired) electrons. The van der Waals surface area contributed by atoms with Crippen LogP contribution in [0.15, 0.2) is 18.2 Å². The molecule has 120 valence electrons. The van der Waals surface area contributed by atoms with Gasteiger partial charge in [-0.15, -0.1) is 0 Å². The maximum Gasteiger partial charge on any atom is 0.158 e. The van der Waals surface area contributed by atoms with Crippen LogP contribution in [0.1, 0.15) is 44.9 Å². The Balaban J connectivity index is 2.70. The zero-order chi connectivity index (χ0) is 16.3. The van der Waals surface area contributed by atoms with Gasteiger partial charge in [0.15, 0.2) is 9.84 Å². The number of benzene rings is 1. The molecular weight excluding hydrogens is 286 g/mol. The lowest BCUT2D eigenvalue weighted by Crippen LogP contribution is -2.32. The molecule has 0 aliphatic rings. The van der Waals surface area contributed by atoms with Crippen LogP contribution in [-0.4, -0.2) is 32.6 Å². The van der Waals surface area contributed by atoms with Gasteiger partial charge in [0.05, 0.1) is 10.5 Å². The molecular formula is C16H27NO3S. The molecule has 0 spiro atoms. The average molecular weight is 313 g/mol. The van der Waals surface area contributed by atoms with E-state index in [9.17, 15) is 8.42 Å². The highest BCUT2D eigenvalue weighted by atomic mass is 32.2. The number of hydrogen-bond donors (Lipinski definition) is 1. The minimum atomic E-state index is -3.14. The fourth-order valence-electron chi connectivity index (χ4n) is 1.84. The Morgan fingerprint density at radius 1 is 1.29 bits per heavy atom. The molecule has 0 amide bonds. The summed E-state index contributed by atoms with van der Waals surface area (Å²) in [6.07, 6.45) is 0. The van der Waals surface area contributed by atoms with Crippen LogP contribution in [0.2, 0.25) is 0 Å². The van der Waals surface area contributed by atoms with E-state index >= 15 is 0 Å². The fraction of sp³-hybridized carbons (Fsp3) is 0.625. The summed E-state index contributed by atoms with van der Waals surface area (Å²) < 4.78 is 28.9. The Morgan fingerprint density at radius 3 is 2.38 bits per heavy atom. The van der Waals surface area contributed by atoms with E-state index in [0.717, 1.165) is 11.3 Å². The topological polar surface area (TPSA) is 55.4 Å². The molecule has 0 heterocycles. The Kier molecular flexibility index (Phi) is 5.82. The molecule has 1 N–H and O–H groups in total. The summed E-state index contributed by atoms with van der Waals surface area (Å²) in [5.41, 5.74) is 2.20. The number of nitrogens with one attached hydrogen (secondary N) is 1. The third kappa shape index (κ3) is 4.71. The third-order valence-corrected chi connectivity index (χ3v) is 6.24. The summed E-state index contributed by atoms with van der Waals surface area (Å²) >= 11 is 0. The highest BCUT2D eigenvalue weighted by Gasteiger charge is 2.28. The van der Waals surface area contributed by atoms with Crippen LogP contribution in [0.25, 0.3) is 0 Å². The Labute approximate surface area is 128 Å². The molecule has 0 aliphatic heterocycles. The summed E-state index contributed by atoms with van der Waals surface area (Å²) in [6.45, 7) is 9.37. The van der Waals surface area contributed by atoms with Crippen molar-refractivity contribution in [3.05, 3.63) is 29.3 Å². The summed E-state index contributed by atoms with van der Waals surface area (Å²) in [5, 5.41) is 3.19. The monoisotopic (exact) mass is 313 g/mol. The molecule has 0 fully saturated rings. The summed E-state index contributed by atoms with van der Waals surface area (Å²) in [4.78, 5) is 0. The highest BCUT2D eigenvalue weighted by molar-refractivity contribution is 7.92. The van der Waals surface area contributed by atoms with Crippen molar-refractivity contribution in [3.63, 3.8) is 0 Å². The van der Waals surface area contributed by atoms with Gasteiger partial charge in [0, 0.05) is 6.04 Å². The first-order valence-corrected chi connectivity index (χ1v) is 8.86. The van der Waals surface area contributed by atoms with Crippen molar-refractivity contribution in [1.29, 1.82) is 0 Å². The number of sulfone groups is 1. The molecule has 0 aromatic heterocycles. The first-order chi connectivity index (χ1) is 9.58. The van der Waals surface area contributed by atoms with Gasteiger partial charge in [-0.25, -0.2) is 8.42 Å². The molecule has 1 unspecified atom stereocenters. The van der Waals surface area contributed by atoms with Crippen molar-refractivity contribution >= 4 is 9.84 Å². The summed E-state index contributed by atoms with van der Waals surface area (Å²) in [7, 11) is -1.22. The Hall–Kier alpha value is -1.07. The maximum atomic E-state index is 12.0. The minimum absolute atomic E-state index is 0.0324. The molecule has 4 nitrogen and oxygen atoms in total. The van der Waals surface area contributed by atoms with Crippen LogP contribution >= 0.6 is 0 Å². The molecule has 1 aromatic rings. The third-order valence-electron chi connectivity index (χ3n) is 3.67. The predicted octanol–water partition coefficient (Wildman–Crippen LogP) is 2.87. The molecule has 1 rings (SSSR count). The smallest absolute Gasteiger partial charge is 0.158 e. The van der Waals surface area contributed by atoms with Gasteiger partial charge in [0.25, 0.3) is 0 Å². The first-order valence-electron chi connectivity index (χ1n) is 7.21. The highest BCUT2D eigenvalue weighted by Crippen LogP contribution is 2.23. The Bertz CT molecular complexity index is 574. The van der Waals surface area contributed by atoms with Gasteiger partial charge in [-0.3, -0.25) is 0 Å². The molecule has 21 heavy (non-hydrogen) atoms. The average Bonchev–Trinajstić information content (AvgIpc) is 2.38. The molecule has 0 saturated carbocycles. The largest absolute Gasteiger partial charge is 0.492 e. The van der Waals surface area contributed by atoms with Crippen molar-refractivity contribution < 1.29 is 13.2 Å². The number of aryl methyl sites for hydroxylation is 1. The van der Waals surface area contributed by atoms with Gasteiger partial charge in [0.1, 0.15) is 12.4 Å². The van der Waals surface area contributed by atoms with Gasteiger partial charge in [-0.1, -0.05) is 12.1 Å². The molecule has 5 heteroatoms. The predicted molar refractivity (Wildman–Crippen MR) is 87.7 cm³/mol. The standard InChI is InChI=1S/C16H27NO3S/c1-12-11-14(13(2)17-6)7-8-15(12)20-9-10-21(18,19)16(3,4)5/h7-8,11,13,17H,9-10H2,1-6H3. The van der Waals surface area contributed by atoms with E-state index in [2.05, 4.69) is 18.3 Å². The van der Waals surface area contributed by atoms with Crippen molar-refractivity contribution in [2.75, 3.05) is 19.4 Å². The van der Waals surface area contributed by atoms with Crippen LogP contribution in [0.5, 0.6) is 5.75 Å². The zero-order valence-electron chi connectivity index (χ0n) is 13.9. The van der Waals surface area contributed by atoms with Crippen LogP contribution in [0.4, 0.5) is 0 Å². The lowest BCUT2D eigenvalue weighted by atomic mass is 10.1. The van der Waals surface area contributed by atoms with E-state index in [4.69, 9.17) is 4.74 Å². The molecule has 0 aliphatic carbocycles. The second-order valence-corrected chi connectivity index (χ2v) is 9.18. The molecule has 1 atom stereocenters. The fourth-order valence-corrected chi connectivity index (χ4v) is 2.75. The first kappa shape index (κ1) is 18.0. The van der Waals surface area contributed by atoms with Gasteiger partial charge in [0.2, 0.25) is 0 Å². The normalized spacial score (nSPS) is 14.0. The van der Waals surface area contributed by atoms with Crippen LogP contribution < -0.4 is 10.1 Å². The van der Waals surface area contributed by atoms with Crippen molar-refractivity contribution in [1.82, 2.24) is 5.32 Å². The number of ether oxygens (including phenoxy) is 1. The van der Waals surface area contributed by atoms with Gasteiger partial charge in [-0.2, -0.15) is 0 Å². The number of rotatable bonds is 6. The molecule has 0 saturated heterocycles. The second kappa shape index (κ2) is 6.79. The van der Waals surface area contributed by atoms with E-state index in [1.807, 2.05) is 26.1 Å². The van der Waals surface area contributed by atoms with E-state index in [1.54, 1.807) is 20.8 Å². The van der Waals surface area contributed by atoms with Crippen LogP contribution in [0.3, 0.4) is 0 Å². The lowest BCUT2D eigenvalue weighted by molar-refractivity contribution is 0.337. The summed E-state index contributed by atoms with van der Waals surface area (Å²) in [6, 6.07) is 6.25. The molecule has 1 aromatic carbocycles. The van der Waals surface area contributed by atoms with Crippen molar-refractivity contribution in [2.45, 2.75) is 45.4 Å². The van der Waals surface area contributed by atoms with Gasteiger partial charge in [-0.05, 0) is 58.9 Å². The van der Waals surface area contributed by atoms with Crippen LogP contribution in [-0.2, 0) is 9.84 Å². The SMILES string of the molecule is CNC(C)c1ccc(OCCS(=O)(=O)C(C)(C)C)c(C)c1. The van der Waals surface area contributed by atoms with E-state index in [-0.39, 0.29) is 18.4 Å². The maximum absolute atomic E-state index is 12.0. The molecule has 0 bridgehead atoms. The summed E-state index contributed by atoms with van der Waals surface area (Å²) in [5.74, 6) is 0.774. The van der Waals surface area contributed by atoms with Crippen molar-refractivity contribution in [3.8, 4) is 5.75 Å². The second-order valence-electron chi connectivity index (χ2n) is 6.32. The van der Waals surface area contributed by atoms with E-state index < -0.39 is 14.6 Å². The van der Waals surface area contributed by atoms with Gasteiger partial charge < -0.3 is 10.1 Å². The van der Waals surface area contributed by atoms with E-state index in [0.29, 0.717) is 0 Å². The van der Waals surface area contributed by atoms with E-state index in [1.165, 1.54) is 5.56 Å². The lowest BCUT2D eigenvalue weighted by Gasteiger charge is -2.19. The quantitative estimate of drug-likeness (QED) is 0.877. The van der Waals surface area contributed by atoms with Crippen molar-refractivity contribution in [2.24, 2.45) is 0 Å². The van der Waals surface area contributed by atoms with Gasteiger partial charge >= 0.3 is 0 Å².